The van der Waals surface area contributed by atoms with Gasteiger partial charge in [0.1, 0.15) is 17.4 Å². The molecule has 194 valence electrons. The maximum atomic E-state index is 13.3. The fraction of sp³-hybridized carbons (Fsp3) is 0.464. The second-order valence-corrected chi connectivity index (χ2v) is 10.6. The molecule has 2 heterocycles. The zero-order chi connectivity index (χ0) is 25.5. The Balaban J connectivity index is 1.25. The van der Waals surface area contributed by atoms with Crippen LogP contribution < -0.4 is 4.74 Å². The highest BCUT2D eigenvalue weighted by Crippen LogP contribution is 2.33. The first-order valence-corrected chi connectivity index (χ1v) is 13.5. The van der Waals surface area contributed by atoms with E-state index >= 15 is 0 Å². The smallest absolute Gasteiger partial charge is 0.127 e. The topological polar surface area (TPSA) is 65.8 Å². The molecule has 0 bridgehead atoms. The predicted octanol–water partition coefficient (Wildman–Crippen LogP) is 5.45. The van der Waals surface area contributed by atoms with Crippen LogP contribution in [0.15, 0.2) is 53.6 Å². The Morgan fingerprint density at radius 2 is 1.94 bits per heavy atom. The molecule has 1 fully saturated rings. The van der Waals surface area contributed by atoms with Gasteiger partial charge in [-0.1, -0.05) is 0 Å². The summed E-state index contributed by atoms with van der Waals surface area (Å²) in [7, 11) is 1.62. The van der Waals surface area contributed by atoms with E-state index in [0.717, 1.165) is 72.9 Å². The summed E-state index contributed by atoms with van der Waals surface area (Å²) in [4.78, 5) is 7.37. The van der Waals surface area contributed by atoms with Crippen LogP contribution in [0.4, 0.5) is 8.78 Å². The van der Waals surface area contributed by atoms with E-state index in [1.54, 1.807) is 13.3 Å². The molecule has 5 nitrogen and oxygen atoms in total. The first-order valence-electron chi connectivity index (χ1n) is 12.5. The van der Waals surface area contributed by atoms with E-state index in [1.165, 1.54) is 23.9 Å². The third-order valence-electron chi connectivity index (χ3n) is 7.09. The van der Waals surface area contributed by atoms with Crippen molar-refractivity contribution in [3.05, 3.63) is 65.9 Å². The summed E-state index contributed by atoms with van der Waals surface area (Å²) >= 11 is 1.46. The molecule has 8 heteroatoms. The number of aliphatic hydroxyl groups excluding tert-OH is 2. The van der Waals surface area contributed by atoms with Crippen molar-refractivity contribution in [1.29, 1.82) is 0 Å². The van der Waals surface area contributed by atoms with E-state index in [9.17, 15) is 19.0 Å². The van der Waals surface area contributed by atoms with Gasteiger partial charge in [0.2, 0.25) is 0 Å². The van der Waals surface area contributed by atoms with Crippen molar-refractivity contribution >= 4 is 22.7 Å². The number of hydrogen-bond acceptors (Lipinski definition) is 6. The summed E-state index contributed by atoms with van der Waals surface area (Å²) in [6.07, 6.45) is 4.47. The standard InChI is InChI=1S/C28H34F2N2O3S/c1-35-23-4-5-27-26(16-23)25(7-9-31-27)28(34)6-3-19-8-11-32(17-20(19)18-33)10-2-12-36-24-14-21(29)13-22(30)15-24/h4-5,7,9,13-16,19-20,28,33-34H,2-3,6,8,10-12,17-18H2,1H3/t19-,20-,28-/m1/s1. The first-order chi connectivity index (χ1) is 17.5. The van der Waals surface area contributed by atoms with Crippen LogP contribution in [0.25, 0.3) is 10.9 Å². The van der Waals surface area contributed by atoms with Gasteiger partial charge in [-0.3, -0.25) is 4.98 Å². The summed E-state index contributed by atoms with van der Waals surface area (Å²) in [5.41, 5.74) is 1.68. The number of aliphatic hydroxyl groups is 2. The lowest BCUT2D eigenvalue weighted by atomic mass is 9.81. The van der Waals surface area contributed by atoms with Gasteiger partial charge in [0.05, 0.1) is 18.7 Å². The summed E-state index contributed by atoms with van der Waals surface area (Å²) in [6.45, 7) is 2.79. The molecule has 0 radical (unpaired) electrons. The number of aromatic nitrogens is 1. The van der Waals surface area contributed by atoms with E-state index in [4.69, 9.17) is 4.74 Å². The van der Waals surface area contributed by atoms with E-state index in [0.29, 0.717) is 17.2 Å². The molecule has 1 aliphatic rings. The highest BCUT2D eigenvalue weighted by atomic mass is 32.2. The normalized spacial score (nSPS) is 19.5. The van der Waals surface area contributed by atoms with Crippen LogP contribution in [0.3, 0.4) is 0 Å². The molecule has 3 aromatic rings. The lowest BCUT2D eigenvalue weighted by Gasteiger charge is -2.38. The summed E-state index contributed by atoms with van der Waals surface area (Å²) in [5.74, 6) is 0.944. The van der Waals surface area contributed by atoms with E-state index in [2.05, 4.69) is 9.88 Å². The Morgan fingerprint density at radius 3 is 2.69 bits per heavy atom. The number of pyridine rings is 1. The number of likely N-dealkylation sites (tertiary alicyclic amines) is 1. The van der Waals surface area contributed by atoms with Crippen LogP contribution >= 0.6 is 11.8 Å². The number of nitrogens with zero attached hydrogens (tertiary/aromatic N) is 2. The maximum absolute atomic E-state index is 13.3. The summed E-state index contributed by atoms with van der Waals surface area (Å²) < 4.78 is 32.0. The molecule has 2 aromatic carbocycles. The molecular formula is C28H34F2N2O3S. The first kappa shape index (κ1) is 26.8. The van der Waals surface area contributed by atoms with E-state index < -0.39 is 17.7 Å². The number of fused-ring (bicyclic) bond motifs is 1. The number of thioether (sulfide) groups is 1. The van der Waals surface area contributed by atoms with E-state index in [1.807, 2.05) is 24.3 Å². The minimum atomic E-state index is -0.607. The van der Waals surface area contributed by atoms with Crippen LogP contribution in [0.2, 0.25) is 0 Å². The molecule has 36 heavy (non-hydrogen) atoms. The van der Waals surface area contributed by atoms with Gasteiger partial charge in [-0.25, -0.2) is 8.78 Å². The second-order valence-electron chi connectivity index (χ2n) is 9.48. The Kier molecular flexibility index (Phi) is 9.53. The Morgan fingerprint density at radius 1 is 1.14 bits per heavy atom. The third-order valence-corrected chi connectivity index (χ3v) is 8.15. The van der Waals surface area contributed by atoms with Crippen LogP contribution in [-0.4, -0.2) is 59.2 Å². The SMILES string of the molecule is COc1ccc2nccc([C@H](O)CC[C@@H]3CCN(CCCSc4cc(F)cc(F)c4)C[C@@H]3CO)c2c1. The minimum absolute atomic E-state index is 0.129. The molecule has 0 spiro atoms. The predicted molar refractivity (Wildman–Crippen MR) is 139 cm³/mol. The van der Waals surface area contributed by atoms with E-state index in [-0.39, 0.29) is 12.5 Å². The van der Waals surface area contributed by atoms with Gasteiger partial charge in [-0.15, -0.1) is 11.8 Å². The fourth-order valence-corrected chi connectivity index (χ4v) is 6.03. The molecule has 3 atom stereocenters. The fourth-order valence-electron chi connectivity index (χ4n) is 5.13. The molecule has 0 aliphatic carbocycles. The quantitative estimate of drug-likeness (QED) is 0.261. The van der Waals surface area contributed by atoms with Gasteiger partial charge in [0.15, 0.2) is 0 Å². The summed E-state index contributed by atoms with van der Waals surface area (Å²) in [6, 6.07) is 11.2. The van der Waals surface area contributed by atoms with Gasteiger partial charge >= 0.3 is 0 Å². The van der Waals surface area contributed by atoms with Crippen LogP contribution in [0.5, 0.6) is 5.75 Å². The number of rotatable bonds is 11. The average Bonchev–Trinajstić information content (AvgIpc) is 2.88. The number of ether oxygens (including phenoxy) is 1. The number of methoxy groups -OCH3 is 1. The monoisotopic (exact) mass is 516 g/mol. The number of hydrogen-bond donors (Lipinski definition) is 2. The van der Waals surface area contributed by atoms with Crippen molar-refractivity contribution in [3.63, 3.8) is 0 Å². The van der Waals surface area contributed by atoms with Crippen molar-refractivity contribution in [3.8, 4) is 5.75 Å². The molecule has 1 saturated heterocycles. The van der Waals surface area contributed by atoms with Gasteiger partial charge in [-0.2, -0.15) is 0 Å². The number of halogens is 2. The zero-order valence-corrected chi connectivity index (χ0v) is 21.4. The van der Waals surface area contributed by atoms with Crippen molar-refractivity contribution < 1.29 is 23.7 Å². The lowest BCUT2D eigenvalue weighted by Crippen LogP contribution is -2.42. The molecular weight excluding hydrogens is 482 g/mol. The van der Waals surface area contributed by atoms with Gasteiger partial charge in [-0.05, 0) is 98.3 Å². The van der Waals surface area contributed by atoms with Gasteiger partial charge in [0, 0.05) is 35.7 Å². The molecule has 0 unspecified atom stereocenters. The second kappa shape index (κ2) is 12.8. The highest BCUT2D eigenvalue weighted by molar-refractivity contribution is 7.99. The highest BCUT2D eigenvalue weighted by Gasteiger charge is 2.29. The Hall–Kier alpha value is -2.26. The summed E-state index contributed by atoms with van der Waals surface area (Å²) in [5, 5.41) is 22.0. The van der Waals surface area contributed by atoms with Gasteiger partial charge < -0.3 is 19.8 Å². The Labute approximate surface area is 215 Å². The minimum Gasteiger partial charge on any atom is -0.497 e. The van der Waals surface area contributed by atoms with Crippen molar-refractivity contribution in [2.75, 3.05) is 39.1 Å². The zero-order valence-electron chi connectivity index (χ0n) is 20.6. The number of benzene rings is 2. The molecule has 1 aromatic heterocycles. The molecule has 0 saturated carbocycles. The van der Waals surface area contributed by atoms with Crippen molar-refractivity contribution in [1.82, 2.24) is 9.88 Å². The molecule has 1 aliphatic heterocycles. The third kappa shape index (κ3) is 6.94. The van der Waals surface area contributed by atoms with Crippen LogP contribution in [0.1, 0.15) is 37.4 Å². The largest absolute Gasteiger partial charge is 0.497 e. The Bertz CT molecular complexity index is 1130. The van der Waals surface area contributed by atoms with Crippen LogP contribution in [0, 0.1) is 23.5 Å². The molecule has 0 amide bonds. The maximum Gasteiger partial charge on any atom is 0.127 e. The van der Waals surface area contributed by atoms with Crippen LogP contribution in [-0.2, 0) is 0 Å². The number of piperidine rings is 1. The molecule has 2 N–H and O–H groups in total. The molecule has 4 rings (SSSR count). The van der Waals surface area contributed by atoms with Crippen molar-refractivity contribution in [2.24, 2.45) is 11.8 Å². The lowest BCUT2D eigenvalue weighted by molar-refractivity contribution is 0.0581. The van der Waals surface area contributed by atoms with Crippen molar-refractivity contribution in [2.45, 2.75) is 36.7 Å². The average molecular weight is 517 g/mol. The van der Waals surface area contributed by atoms with Gasteiger partial charge in [0.25, 0.3) is 0 Å².